The van der Waals surface area contributed by atoms with Crippen molar-refractivity contribution in [3.8, 4) is 5.75 Å². The standard InChI is InChI=1S/C15H23N3O2/c1-18(11-5-2-3-6-11)10-9-17-15(20)12-7-4-8-13(16)14(12)19/h4,7-8,11,19H,2-3,5-6,9-10,16H2,1H3,(H,17,20). The third-order valence-electron chi connectivity index (χ3n) is 4.01. The van der Waals surface area contributed by atoms with Gasteiger partial charge in [0.15, 0.2) is 5.75 Å². The fourth-order valence-electron chi connectivity index (χ4n) is 2.71. The van der Waals surface area contributed by atoms with Crippen molar-refractivity contribution in [1.29, 1.82) is 0 Å². The Morgan fingerprint density at radius 2 is 2.15 bits per heavy atom. The van der Waals surface area contributed by atoms with Crippen LogP contribution in [-0.2, 0) is 0 Å². The van der Waals surface area contributed by atoms with Crippen LogP contribution in [0.1, 0.15) is 36.0 Å². The molecule has 1 aromatic rings. The predicted molar refractivity (Wildman–Crippen MR) is 79.7 cm³/mol. The lowest BCUT2D eigenvalue weighted by Crippen LogP contribution is -2.37. The summed E-state index contributed by atoms with van der Waals surface area (Å²) in [7, 11) is 2.10. The van der Waals surface area contributed by atoms with Crippen LogP contribution in [0.5, 0.6) is 5.75 Å². The molecule has 2 rings (SSSR count). The SMILES string of the molecule is CN(CCNC(=O)c1cccc(N)c1O)C1CCCC1. The fraction of sp³-hybridized carbons (Fsp3) is 0.533. The van der Waals surface area contributed by atoms with Crippen LogP contribution in [0, 0.1) is 0 Å². The molecule has 5 nitrogen and oxygen atoms in total. The Bertz CT molecular complexity index is 470. The number of carbonyl (C=O) groups excluding carboxylic acids is 1. The minimum atomic E-state index is -0.283. The number of anilines is 1. The Hall–Kier alpha value is -1.75. The molecule has 0 heterocycles. The van der Waals surface area contributed by atoms with Crippen molar-refractivity contribution in [2.24, 2.45) is 0 Å². The van der Waals surface area contributed by atoms with Gasteiger partial charge < -0.3 is 21.1 Å². The molecule has 1 amide bonds. The molecule has 0 unspecified atom stereocenters. The maximum absolute atomic E-state index is 12.0. The average molecular weight is 277 g/mol. The van der Waals surface area contributed by atoms with Gasteiger partial charge in [0.05, 0.1) is 11.3 Å². The molecule has 1 fully saturated rings. The van der Waals surface area contributed by atoms with Crippen LogP contribution < -0.4 is 11.1 Å². The van der Waals surface area contributed by atoms with Crippen molar-refractivity contribution in [3.63, 3.8) is 0 Å². The average Bonchev–Trinajstić information content (AvgIpc) is 2.95. The molecule has 1 saturated carbocycles. The molecule has 0 aromatic heterocycles. The molecule has 110 valence electrons. The van der Waals surface area contributed by atoms with Gasteiger partial charge in [0.25, 0.3) is 5.91 Å². The minimum Gasteiger partial charge on any atom is -0.505 e. The second kappa shape index (κ2) is 6.61. The van der Waals surface area contributed by atoms with Gasteiger partial charge in [0.1, 0.15) is 0 Å². The lowest BCUT2D eigenvalue weighted by Gasteiger charge is -2.23. The molecule has 4 N–H and O–H groups in total. The van der Waals surface area contributed by atoms with Crippen molar-refractivity contribution in [3.05, 3.63) is 23.8 Å². The third-order valence-corrected chi connectivity index (χ3v) is 4.01. The number of phenols is 1. The monoisotopic (exact) mass is 277 g/mol. The Kier molecular flexibility index (Phi) is 4.84. The predicted octanol–water partition coefficient (Wildman–Crippen LogP) is 1.58. The first-order chi connectivity index (χ1) is 9.59. The van der Waals surface area contributed by atoms with E-state index in [1.54, 1.807) is 18.2 Å². The Balaban J connectivity index is 1.81. The maximum atomic E-state index is 12.0. The van der Waals surface area contributed by atoms with Gasteiger partial charge in [-0.3, -0.25) is 4.79 Å². The zero-order chi connectivity index (χ0) is 14.5. The number of hydrogen-bond donors (Lipinski definition) is 3. The molecular weight excluding hydrogens is 254 g/mol. The van der Waals surface area contributed by atoms with Crippen molar-refractivity contribution in [2.75, 3.05) is 25.9 Å². The van der Waals surface area contributed by atoms with Crippen molar-refractivity contribution >= 4 is 11.6 Å². The normalized spacial score (nSPS) is 15.7. The van der Waals surface area contributed by atoms with Gasteiger partial charge in [-0.1, -0.05) is 18.9 Å². The minimum absolute atomic E-state index is 0.144. The van der Waals surface area contributed by atoms with Crippen molar-refractivity contribution in [2.45, 2.75) is 31.7 Å². The molecule has 0 aliphatic heterocycles. The van der Waals surface area contributed by atoms with E-state index in [0.29, 0.717) is 12.6 Å². The number of amides is 1. The van der Waals surface area contributed by atoms with Gasteiger partial charge in [-0.05, 0) is 32.0 Å². The van der Waals surface area contributed by atoms with E-state index in [1.807, 2.05) is 0 Å². The topological polar surface area (TPSA) is 78.6 Å². The number of nitrogen functional groups attached to an aromatic ring is 1. The van der Waals surface area contributed by atoms with E-state index >= 15 is 0 Å². The number of phenolic OH excluding ortho intramolecular Hbond substituents is 1. The van der Waals surface area contributed by atoms with Gasteiger partial charge in [-0.25, -0.2) is 0 Å². The van der Waals surface area contributed by atoms with Crippen molar-refractivity contribution < 1.29 is 9.90 Å². The van der Waals surface area contributed by atoms with Gasteiger partial charge in [0.2, 0.25) is 0 Å². The summed E-state index contributed by atoms with van der Waals surface area (Å²) in [5.74, 6) is -0.427. The largest absolute Gasteiger partial charge is 0.505 e. The molecule has 5 heteroatoms. The Morgan fingerprint density at radius 3 is 2.85 bits per heavy atom. The van der Waals surface area contributed by atoms with Gasteiger partial charge >= 0.3 is 0 Å². The summed E-state index contributed by atoms with van der Waals surface area (Å²) < 4.78 is 0. The number of nitrogens with two attached hydrogens (primary N) is 1. The molecule has 0 spiro atoms. The fourth-order valence-corrected chi connectivity index (χ4v) is 2.71. The highest BCUT2D eigenvalue weighted by Crippen LogP contribution is 2.24. The summed E-state index contributed by atoms with van der Waals surface area (Å²) in [6, 6.07) is 5.45. The zero-order valence-corrected chi connectivity index (χ0v) is 11.9. The van der Waals surface area contributed by atoms with Crippen LogP contribution in [0.2, 0.25) is 0 Å². The highest BCUT2D eigenvalue weighted by Gasteiger charge is 2.19. The highest BCUT2D eigenvalue weighted by atomic mass is 16.3. The molecule has 1 aliphatic rings. The number of nitrogens with one attached hydrogen (secondary N) is 1. The molecule has 20 heavy (non-hydrogen) atoms. The number of benzene rings is 1. The molecule has 1 aromatic carbocycles. The third kappa shape index (κ3) is 3.42. The van der Waals surface area contributed by atoms with Gasteiger partial charge in [0, 0.05) is 19.1 Å². The first kappa shape index (κ1) is 14.7. The number of carbonyl (C=O) groups is 1. The molecule has 1 aliphatic carbocycles. The van der Waals surface area contributed by atoms with E-state index in [-0.39, 0.29) is 22.9 Å². The lowest BCUT2D eigenvalue weighted by atomic mass is 10.1. The Morgan fingerprint density at radius 1 is 1.45 bits per heavy atom. The van der Waals surface area contributed by atoms with Crippen LogP contribution in [-0.4, -0.2) is 42.1 Å². The second-order valence-corrected chi connectivity index (χ2v) is 5.42. The van der Waals surface area contributed by atoms with E-state index in [2.05, 4.69) is 17.3 Å². The van der Waals surface area contributed by atoms with Crippen LogP contribution in [0.15, 0.2) is 18.2 Å². The summed E-state index contributed by atoms with van der Waals surface area (Å²) in [6.45, 7) is 1.39. The molecule has 0 bridgehead atoms. The van der Waals surface area contributed by atoms with E-state index in [0.717, 1.165) is 6.54 Å². The second-order valence-electron chi connectivity index (χ2n) is 5.42. The number of rotatable bonds is 5. The molecule has 0 atom stereocenters. The smallest absolute Gasteiger partial charge is 0.255 e. The summed E-state index contributed by atoms with van der Waals surface area (Å²) in [5, 5.41) is 12.6. The number of nitrogens with zero attached hydrogens (tertiary/aromatic N) is 1. The number of para-hydroxylation sites is 1. The van der Waals surface area contributed by atoms with Crippen molar-refractivity contribution in [1.82, 2.24) is 10.2 Å². The summed E-state index contributed by atoms with van der Waals surface area (Å²) in [4.78, 5) is 14.3. The molecule has 0 saturated heterocycles. The van der Waals surface area contributed by atoms with Crippen LogP contribution in [0.4, 0.5) is 5.69 Å². The first-order valence-electron chi connectivity index (χ1n) is 7.15. The van der Waals surface area contributed by atoms with Gasteiger partial charge in [-0.2, -0.15) is 0 Å². The van der Waals surface area contributed by atoms with E-state index in [1.165, 1.54) is 25.7 Å². The number of aromatic hydroxyl groups is 1. The lowest BCUT2D eigenvalue weighted by molar-refractivity contribution is 0.0944. The number of likely N-dealkylation sites (N-methyl/N-ethyl adjacent to an activating group) is 1. The maximum Gasteiger partial charge on any atom is 0.255 e. The Labute approximate surface area is 119 Å². The quantitative estimate of drug-likeness (QED) is 0.564. The van der Waals surface area contributed by atoms with E-state index < -0.39 is 0 Å². The molecule has 0 radical (unpaired) electrons. The van der Waals surface area contributed by atoms with E-state index in [9.17, 15) is 9.90 Å². The summed E-state index contributed by atoms with van der Waals surface area (Å²) in [6.07, 6.45) is 5.11. The summed E-state index contributed by atoms with van der Waals surface area (Å²) in [5.41, 5.74) is 6.03. The molecular formula is C15H23N3O2. The van der Waals surface area contributed by atoms with Crippen LogP contribution >= 0.6 is 0 Å². The summed E-state index contributed by atoms with van der Waals surface area (Å²) >= 11 is 0. The first-order valence-corrected chi connectivity index (χ1v) is 7.15. The highest BCUT2D eigenvalue weighted by molar-refractivity contribution is 5.98. The van der Waals surface area contributed by atoms with E-state index in [4.69, 9.17) is 5.73 Å². The zero-order valence-electron chi connectivity index (χ0n) is 11.9. The number of hydrogen-bond acceptors (Lipinski definition) is 4. The van der Waals surface area contributed by atoms with Gasteiger partial charge in [-0.15, -0.1) is 0 Å². The van der Waals surface area contributed by atoms with Crippen LogP contribution in [0.3, 0.4) is 0 Å². The van der Waals surface area contributed by atoms with Crippen LogP contribution in [0.25, 0.3) is 0 Å².